The van der Waals surface area contributed by atoms with E-state index < -0.39 is 5.97 Å². The van der Waals surface area contributed by atoms with Gasteiger partial charge in [0.05, 0.1) is 5.75 Å². The number of hydrogen-bond donors (Lipinski definition) is 11. The second-order valence-corrected chi connectivity index (χ2v) is 13.3. The molecule has 22 nitrogen and oxygen atoms in total. The number of nitrogens with two attached hydrogens (primary N) is 2. The predicted octanol–water partition coefficient (Wildman–Crippen LogP) is -2.18. The molecule has 4 aliphatic rings. The van der Waals surface area contributed by atoms with Gasteiger partial charge in [0.25, 0.3) is 5.91 Å². The lowest BCUT2D eigenvalue weighted by atomic mass is 10.2. The number of benzene rings is 1. The molecule has 4 aliphatic heterocycles. The fraction of sp³-hybridized carbons (Fsp3) is 0.600. The molecule has 0 radical (unpaired) electrons. The van der Waals surface area contributed by atoms with Crippen molar-refractivity contribution in [3.8, 4) is 0 Å². The van der Waals surface area contributed by atoms with Crippen molar-refractivity contribution in [3.63, 3.8) is 0 Å². The first kappa shape index (κ1) is 48.4. The van der Waals surface area contributed by atoms with Gasteiger partial charge in [-0.2, -0.15) is 12.6 Å². The van der Waals surface area contributed by atoms with Crippen LogP contribution in [0.4, 0.5) is 24.9 Å². The van der Waals surface area contributed by atoms with E-state index in [-0.39, 0.29) is 54.0 Å². The molecular weight excluding hydrogens is 779 g/mol. The molecule has 0 bridgehead atoms. The number of carbonyl (C=O) groups is 8. The first-order valence-electron chi connectivity index (χ1n) is 19.2. The van der Waals surface area contributed by atoms with E-state index in [2.05, 4.69) is 49.8 Å². The van der Waals surface area contributed by atoms with Gasteiger partial charge < -0.3 is 73.4 Å². The number of unbranched alkanes of at least 4 members (excludes halogenated alkanes) is 1. The molecular formula is C35H59N13O9S. The number of anilines is 1. The summed E-state index contributed by atoms with van der Waals surface area (Å²) in [6.45, 7) is 9.85. The summed E-state index contributed by atoms with van der Waals surface area (Å²) in [5.41, 5.74) is 12.0. The summed E-state index contributed by atoms with van der Waals surface area (Å²) >= 11 is 3.81. The van der Waals surface area contributed by atoms with Crippen molar-refractivity contribution in [3.05, 3.63) is 29.8 Å². The van der Waals surface area contributed by atoms with E-state index in [9.17, 15) is 38.4 Å². The molecule has 4 fully saturated rings. The summed E-state index contributed by atoms with van der Waals surface area (Å²) in [5, 5.41) is 27.3. The van der Waals surface area contributed by atoms with Crippen LogP contribution < -0.4 is 48.7 Å². The Hall–Kier alpha value is -5.71. The molecule has 0 aliphatic carbocycles. The van der Waals surface area contributed by atoms with Crippen LogP contribution >= 0.6 is 12.6 Å². The van der Waals surface area contributed by atoms with E-state index in [1.165, 1.54) is 0 Å². The molecule has 23 heteroatoms. The van der Waals surface area contributed by atoms with Crippen molar-refractivity contribution >= 4 is 66.1 Å². The van der Waals surface area contributed by atoms with Crippen LogP contribution in [0.25, 0.3) is 0 Å². The minimum absolute atomic E-state index is 0.0143. The number of rotatable bonds is 18. The minimum Gasteiger partial charge on any atom is -0.481 e. The van der Waals surface area contributed by atoms with E-state index in [1.807, 2.05) is 0 Å². The van der Waals surface area contributed by atoms with Gasteiger partial charge >= 0.3 is 30.1 Å². The molecule has 0 saturated carbocycles. The average molecular weight is 838 g/mol. The van der Waals surface area contributed by atoms with Gasteiger partial charge in [0.15, 0.2) is 0 Å². The molecule has 324 valence electrons. The second kappa shape index (κ2) is 27.8. The van der Waals surface area contributed by atoms with Gasteiger partial charge in [-0.15, -0.1) is 0 Å². The van der Waals surface area contributed by atoms with E-state index >= 15 is 0 Å². The van der Waals surface area contributed by atoms with Crippen LogP contribution in [0.1, 0.15) is 36.0 Å². The molecule has 0 spiro atoms. The van der Waals surface area contributed by atoms with Crippen LogP contribution in [0.5, 0.6) is 0 Å². The topological polar surface area (TPSA) is 306 Å². The molecule has 5 rings (SSSR count). The smallest absolute Gasteiger partial charge is 0.317 e. The Morgan fingerprint density at radius 2 is 1.02 bits per heavy atom. The molecule has 4 saturated heterocycles. The van der Waals surface area contributed by atoms with Crippen LogP contribution in [0.3, 0.4) is 0 Å². The molecule has 1 aromatic carbocycles. The lowest BCUT2D eigenvalue weighted by Gasteiger charge is -2.14. The minimum atomic E-state index is -0.838. The van der Waals surface area contributed by atoms with Crippen molar-refractivity contribution < 1.29 is 43.5 Å². The van der Waals surface area contributed by atoms with Gasteiger partial charge in [0, 0.05) is 129 Å². The average Bonchev–Trinajstić information content (AvgIpc) is 4.02. The van der Waals surface area contributed by atoms with E-state index in [0.717, 1.165) is 19.6 Å². The zero-order valence-electron chi connectivity index (χ0n) is 32.8. The Morgan fingerprint density at radius 1 is 0.621 bits per heavy atom. The maximum atomic E-state index is 11.7. The highest BCUT2D eigenvalue weighted by Gasteiger charge is 2.21. The molecule has 0 unspecified atom stereocenters. The van der Waals surface area contributed by atoms with Crippen molar-refractivity contribution in [2.45, 2.75) is 25.7 Å². The number of hydrogen-bond acceptors (Lipinski definition) is 11. The first-order chi connectivity index (χ1) is 27.8. The summed E-state index contributed by atoms with van der Waals surface area (Å²) in [6, 6.07) is 6.51. The number of urea groups is 4. The number of aliphatic carboxylic acids is 1. The third kappa shape index (κ3) is 19.9. The number of nitrogen functional groups attached to an aromatic ring is 1. The molecule has 0 aromatic heterocycles. The van der Waals surface area contributed by atoms with Gasteiger partial charge in [0.1, 0.15) is 0 Å². The fourth-order valence-electron chi connectivity index (χ4n) is 5.46. The maximum Gasteiger partial charge on any atom is 0.317 e. The van der Waals surface area contributed by atoms with Crippen LogP contribution in [0, 0.1) is 0 Å². The zero-order valence-corrected chi connectivity index (χ0v) is 33.7. The normalized spacial score (nSPS) is 15.3. The van der Waals surface area contributed by atoms with Crippen LogP contribution in [-0.4, -0.2) is 183 Å². The number of carbonyl (C=O) groups excluding carboxylic acids is 7. The Kier molecular flexibility index (Phi) is 23.2. The predicted molar refractivity (Wildman–Crippen MR) is 218 cm³/mol. The van der Waals surface area contributed by atoms with E-state index in [0.29, 0.717) is 116 Å². The Bertz CT molecular complexity index is 1510. The molecule has 58 heavy (non-hydrogen) atoms. The number of nitrogens with one attached hydrogen (secondary N) is 7. The molecule has 4 heterocycles. The molecule has 0 atom stereocenters. The molecule has 11 amide bonds. The van der Waals surface area contributed by atoms with Crippen molar-refractivity contribution in [2.75, 3.05) is 116 Å². The fourth-order valence-corrected chi connectivity index (χ4v) is 5.57. The summed E-state index contributed by atoms with van der Waals surface area (Å²) in [5.74, 6) is -1.01. The monoisotopic (exact) mass is 837 g/mol. The summed E-state index contributed by atoms with van der Waals surface area (Å²) in [6.07, 6.45) is 1.51. The number of thiol groups is 1. The van der Waals surface area contributed by atoms with Gasteiger partial charge in [-0.25, -0.2) is 19.2 Å². The quantitative estimate of drug-likeness (QED) is 0.0429. The van der Waals surface area contributed by atoms with Crippen LogP contribution in [-0.2, 0) is 14.4 Å². The van der Waals surface area contributed by atoms with Gasteiger partial charge in [-0.3, -0.25) is 19.2 Å². The van der Waals surface area contributed by atoms with Gasteiger partial charge in [-0.05, 0) is 37.1 Å². The lowest BCUT2D eigenvalue weighted by Crippen LogP contribution is -2.37. The highest BCUT2D eigenvalue weighted by molar-refractivity contribution is 7.81. The van der Waals surface area contributed by atoms with E-state index in [1.54, 1.807) is 43.9 Å². The van der Waals surface area contributed by atoms with Gasteiger partial charge in [0.2, 0.25) is 11.8 Å². The summed E-state index contributed by atoms with van der Waals surface area (Å²) < 4.78 is 0. The number of amides is 11. The highest BCUT2D eigenvalue weighted by atomic mass is 32.1. The van der Waals surface area contributed by atoms with E-state index in [4.69, 9.17) is 16.6 Å². The van der Waals surface area contributed by atoms with Gasteiger partial charge in [-0.1, -0.05) is 0 Å². The number of carboxylic acids is 1. The largest absolute Gasteiger partial charge is 0.481 e. The van der Waals surface area contributed by atoms with Crippen molar-refractivity contribution in [1.29, 1.82) is 0 Å². The maximum absolute atomic E-state index is 11.7. The standard InChI is InChI=1S/C12H16N4O2.C11H19N3O4.C7H13N3O2S.C5H11N3O/c13-10-3-1-9(2-4-10)11(17)14-5-7-16-8-6-15-12(16)18;15-9(3-1-2-4-10(16)17)12-5-7-14-8-6-13-11(14)18;11-6(5-13)8-1-3-10-4-2-9-7(10)12;6-1-3-8-4-2-7-5(8)9/h1-4H,5-8,13H2,(H,14,17)(H,15,18);1-8H2,(H,12,15)(H,13,18)(H,16,17);13H,1-5H2,(H,8,11)(H,9,12);1-4,6H2,(H,7,9). The Labute approximate surface area is 343 Å². The van der Waals surface area contributed by atoms with Crippen LogP contribution in [0.2, 0.25) is 0 Å². The number of carboxylic acid groups (broad SMARTS) is 1. The molecule has 1 aromatic rings. The first-order valence-corrected chi connectivity index (χ1v) is 19.8. The Morgan fingerprint density at radius 3 is 1.40 bits per heavy atom. The second-order valence-electron chi connectivity index (χ2n) is 13.0. The third-order valence-electron chi connectivity index (χ3n) is 8.62. The van der Waals surface area contributed by atoms with Crippen molar-refractivity contribution in [2.24, 2.45) is 5.73 Å². The zero-order chi connectivity index (χ0) is 42.7. The SMILES string of the molecule is NCCN1CCNC1=O.Nc1ccc(C(=O)NCCN2CCNC2=O)cc1.O=C(CS)NCCN1CCNC1=O.O=C(O)CCCCC(=O)NCCN1CCNC1=O. The number of nitrogens with zero attached hydrogens (tertiary/aromatic N) is 4. The van der Waals surface area contributed by atoms with Crippen LogP contribution in [0.15, 0.2) is 24.3 Å². The highest BCUT2D eigenvalue weighted by Crippen LogP contribution is 2.05. The lowest BCUT2D eigenvalue weighted by molar-refractivity contribution is -0.137. The van der Waals surface area contributed by atoms with Crippen molar-refractivity contribution in [1.82, 2.24) is 56.8 Å². The third-order valence-corrected chi connectivity index (χ3v) is 8.90. The summed E-state index contributed by atoms with van der Waals surface area (Å²) in [4.78, 5) is 95.0. The summed E-state index contributed by atoms with van der Waals surface area (Å²) in [7, 11) is 0. The molecule has 12 N–H and O–H groups in total. The Balaban J connectivity index is 0.000000275.